The molecule has 0 aliphatic rings. The zero-order valence-corrected chi connectivity index (χ0v) is 30.1. The number of carboxylic acid groups (broad SMARTS) is 1. The second-order valence-electron chi connectivity index (χ2n) is 13.5. The standard InChI is InChI=1S/C32H68N.C6H14N2O2/c1-5-9-13-17-18-19-20-21-22-23-24-28-32-33(29-25-14-10-6-2,30-26-15-11-7-3)31-27-16-12-8-4;7-4-2-1-3-5(8)6(9)10/h5-32H2,1-4H3;5H,1-4,7-8H2,(H,9,10)/q+1;/p-1. The monoisotopic (exact) mass is 612 g/mol. The third-order valence-electron chi connectivity index (χ3n) is 9.22. The number of carbonyl (C=O) groups excluding carboxylic acids is 1. The first-order chi connectivity index (χ1) is 20.9. The molecule has 5 heteroatoms. The highest BCUT2D eigenvalue weighted by atomic mass is 16.4. The molecule has 4 N–H and O–H groups in total. The average Bonchev–Trinajstić information content (AvgIpc) is 3.00. The lowest BCUT2D eigenvalue weighted by atomic mass is 10.0. The summed E-state index contributed by atoms with van der Waals surface area (Å²) in [5.74, 6) is -1.18. The Hall–Kier alpha value is -0.650. The first kappa shape index (κ1) is 44.5. The van der Waals surface area contributed by atoms with Crippen molar-refractivity contribution in [3.8, 4) is 0 Å². The Kier molecular flexibility index (Phi) is 37.1. The van der Waals surface area contributed by atoms with Gasteiger partial charge in [-0.05, 0) is 70.8 Å². The highest BCUT2D eigenvalue weighted by molar-refractivity contribution is 5.70. The van der Waals surface area contributed by atoms with E-state index in [1.807, 2.05) is 0 Å². The summed E-state index contributed by atoms with van der Waals surface area (Å²) >= 11 is 0. The van der Waals surface area contributed by atoms with Crippen LogP contribution in [0.3, 0.4) is 0 Å². The van der Waals surface area contributed by atoms with Gasteiger partial charge in [-0.3, -0.25) is 0 Å². The van der Waals surface area contributed by atoms with Gasteiger partial charge in [0.05, 0.1) is 32.1 Å². The number of aliphatic carboxylic acids is 1. The summed E-state index contributed by atoms with van der Waals surface area (Å²) in [4.78, 5) is 10.0. The average molecular weight is 612 g/mol. The third-order valence-corrected chi connectivity index (χ3v) is 9.22. The molecule has 0 aromatic heterocycles. The van der Waals surface area contributed by atoms with Crippen LogP contribution in [0.25, 0.3) is 0 Å². The Morgan fingerprint density at radius 3 is 1.05 bits per heavy atom. The van der Waals surface area contributed by atoms with Crippen LogP contribution in [-0.2, 0) is 4.79 Å². The fourth-order valence-corrected chi connectivity index (χ4v) is 6.21. The van der Waals surface area contributed by atoms with Gasteiger partial charge in [-0.15, -0.1) is 0 Å². The molecule has 0 aromatic rings. The zero-order chi connectivity index (χ0) is 32.3. The lowest BCUT2D eigenvalue weighted by Gasteiger charge is -2.39. The molecule has 0 aliphatic carbocycles. The van der Waals surface area contributed by atoms with Crippen molar-refractivity contribution in [2.24, 2.45) is 11.5 Å². The molecule has 0 spiro atoms. The lowest BCUT2D eigenvalue weighted by molar-refractivity contribution is -0.929. The molecule has 43 heavy (non-hydrogen) atoms. The van der Waals surface area contributed by atoms with Crippen LogP contribution in [0.2, 0.25) is 0 Å². The van der Waals surface area contributed by atoms with E-state index in [4.69, 9.17) is 11.5 Å². The fraction of sp³-hybridized carbons (Fsp3) is 0.974. The van der Waals surface area contributed by atoms with E-state index in [0.717, 1.165) is 12.8 Å². The van der Waals surface area contributed by atoms with Gasteiger partial charge >= 0.3 is 0 Å². The third kappa shape index (κ3) is 32.6. The van der Waals surface area contributed by atoms with Gasteiger partial charge in [0.25, 0.3) is 0 Å². The Balaban J connectivity index is 0. The molecule has 0 aliphatic heterocycles. The van der Waals surface area contributed by atoms with Crippen molar-refractivity contribution >= 4 is 5.97 Å². The number of quaternary nitrogens is 1. The molecule has 0 rings (SSSR count). The summed E-state index contributed by atoms with van der Waals surface area (Å²) in [6.07, 6.45) is 36.8. The van der Waals surface area contributed by atoms with E-state index in [9.17, 15) is 9.90 Å². The number of nitrogens with two attached hydrogens (primary N) is 2. The summed E-state index contributed by atoms with van der Waals surface area (Å²) < 4.78 is 1.47. The maximum absolute atomic E-state index is 10.0. The van der Waals surface area contributed by atoms with E-state index in [2.05, 4.69) is 27.7 Å². The summed E-state index contributed by atoms with van der Waals surface area (Å²) in [6, 6.07) is -0.827. The number of carboxylic acids is 1. The molecule has 0 aromatic carbocycles. The van der Waals surface area contributed by atoms with Crippen LogP contribution in [0.4, 0.5) is 0 Å². The van der Waals surface area contributed by atoms with Crippen LogP contribution in [0, 0.1) is 0 Å². The smallest absolute Gasteiger partial charge is 0.0786 e. The van der Waals surface area contributed by atoms with Gasteiger partial charge in [0, 0.05) is 6.04 Å². The molecule has 0 radical (unpaired) electrons. The number of nitrogens with zero attached hydrogens (tertiary/aromatic N) is 1. The number of hydrogen-bond donors (Lipinski definition) is 2. The lowest BCUT2D eigenvalue weighted by Crippen LogP contribution is -2.50. The zero-order valence-electron chi connectivity index (χ0n) is 30.1. The Morgan fingerprint density at radius 1 is 0.488 bits per heavy atom. The Bertz CT molecular complexity index is 512. The van der Waals surface area contributed by atoms with Gasteiger partial charge in [0.1, 0.15) is 0 Å². The minimum absolute atomic E-state index is 0.458. The Morgan fingerprint density at radius 2 is 0.767 bits per heavy atom. The van der Waals surface area contributed by atoms with Crippen LogP contribution in [0.1, 0.15) is 201 Å². The summed E-state index contributed by atoms with van der Waals surface area (Å²) in [7, 11) is 0. The predicted octanol–water partition coefficient (Wildman–Crippen LogP) is 9.44. The number of hydrogen-bond acceptors (Lipinski definition) is 4. The van der Waals surface area contributed by atoms with Crippen molar-refractivity contribution in [2.45, 2.75) is 207 Å². The van der Waals surface area contributed by atoms with E-state index in [-0.39, 0.29) is 0 Å². The maximum Gasteiger partial charge on any atom is 0.0786 e. The van der Waals surface area contributed by atoms with Crippen molar-refractivity contribution in [3.05, 3.63) is 0 Å². The molecule has 0 bridgehead atoms. The number of rotatable bonds is 33. The number of carbonyl (C=O) groups is 1. The van der Waals surface area contributed by atoms with Crippen LogP contribution in [0.15, 0.2) is 0 Å². The summed E-state index contributed by atoms with van der Waals surface area (Å²) in [5.41, 5.74) is 10.3. The van der Waals surface area contributed by atoms with E-state index >= 15 is 0 Å². The molecular weight excluding hydrogens is 530 g/mol. The molecule has 5 nitrogen and oxygen atoms in total. The second-order valence-corrected chi connectivity index (χ2v) is 13.5. The van der Waals surface area contributed by atoms with Crippen molar-refractivity contribution in [3.63, 3.8) is 0 Å². The van der Waals surface area contributed by atoms with E-state index < -0.39 is 12.0 Å². The maximum atomic E-state index is 10.0. The normalized spacial score (nSPS) is 12.2. The van der Waals surface area contributed by atoms with Gasteiger partial charge in [-0.25, -0.2) is 0 Å². The van der Waals surface area contributed by atoms with Gasteiger partial charge in [-0.2, -0.15) is 0 Å². The molecule has 1 atom stereocenters. The molecule has 0 saturated heterocycles. The van der Waals surface area contributed by atoms with Crippen LogP contribution in [0.5, 0.6) is 0 Å². The van der Waals surface area contributed by atoms with Gasteiger partial charge < -0.3 is 25.9 Å². The van der Waals surface area contributed by atoms with Crippen LogP contribution in [-0.4, -0.2) is 49.2 Å². The molecule has 0 heterocycles. The van der Waals surface area contributed by atoms with E-state index in [0.29, 0.717) is 13.0 Å². The van der Waals surface area contributed by atoms with Gasteiger partial charge in [-0.1, -0.05) is 137 Å². The minimum atomic E-state index is -1.18. The van der Waals surface area contributed by atoms with Gasteiger partial charge in [0.2, 0.25) is 0 Å². The molecule has 0 saturated carbocycles. The molecule has 260 valence electrons. The van der Waals surface area contributed by atoms with Crippen LogP contribution < -0.4 is 16.6 Å². The van der Waals surface area contributed by atoms with Crippen molar-refractivity contribution < 1.29 is 14.4 Å². The summed E-state index contributed by atoms with van der Waals surface area (Å²) in [6.45, 7) is 15.8. The van der Waals surface area contributed by atoms with Gasteiger partial charge in [0.15, 0.2) is 0 Å². The molecular formula is C38H81N3O2. The largest absolute Gasteiger partial charge is 0.548 e. The molecule has 1 unspecified atom stereocenters. The van der Waals surface area contributed by atoms with Crippen LogP contribution >= 0.6 is 0 Å². The highest BCUT2D eigenvalue weighted by Gasteiger charge is 2.25. The van der Waals surface area contributed by atoms with E-state index in [1.54, 1.807) is 0 Å². The Labute approximate surface area is 271 Å². The SMILES string of the molecule is CCCCCCCCCCCCCC[N+](CCCCCC)(CCCCCC)CCCCCC.NCCCCC(N)C(=O)[O-]. The minimum Gasteiger partial charge on any atom is -0.548 e. The molecule has 0 fully saturated rings. The predicted molar refractivity (Wildman–Crippen MR) is 189 cm³/mol. The van der Waals surface area contributed by atoms with E-state index in [1.165, 1.54) is 185 Å². The first-order valence-electron chi connectivity index (χ1n) is 19.4. The second kappa shape index (κ2) is 35.8. The first-order valence-corrected chi connectivity index (χ1v) is 19.4. The number of unbranched alkanes of at least 4 members (excludes halogenated alkanes) is 21. The fourth-order valence-electron chi connectivity index (χ4n) is 6.21. The van der Waals surface area contributed by atoms with Crippen molar-refractivity contribution in [1.29, 1.82) is 0 Å². The van der Waals surface area contributed by atoms with Crippen molar-refractivity contribution in [2.75, 3.05) is 32.7 Å². The van der Waals surface area contributed by atoms with Crippen molar-refractivity contribution in [1.82, 2.24) is 0 Å². The quantitative estimate of drug-likeness (QED) is 0.0571. The highest BCUT2D eigenvalue weighted by Crippen LogP contribution is 2.20. The topological polar surface area (TPSA) is 92.2 Å². The summed E-state index contributed by atoms with van der Waals surface area (Å²) in [5, 5.41) is 10.0. The molecule has 0 amide bonds.